The van der Waals surface area contributed by atoms with Gasteiger partial charge in [-0.05, 0) is 24.6 Å². The summed E-state index contributed by atoms with van der Waals surface area (Å²) in [5.41, 5.74) is 7.19. The second-order valence-electron chi connectivity index (χ2n) is 4.08. The van der Waals surface area contributed by atoms with Crippen LogP contribution in [0.1, 0.15) is 24.4 Å². The van der Waals surface area contributed by atoms with Crippen LogP contribution in [-0.4, -0.2) is 21.1 Å². The molecule has 2 aromatic rings. The number of nitrogens with two attached hydrogens (primary N) is 1. The molecule has 18 heavy (non-hydrogen) atoms. The van der Waals surface area contributed by atoms with Crippen LogP contribution < -0.4 is 11.1 Å². The predicted octanol–water partition coefficient (Wildman–Crippen LogP) is 0.807. The van der Waals surface area contributed by atoms with Crippen LogP contribution in [-0.2, 0) is 11.2 Å². The van der Waals surface area contributed by atoms with Gasteiger partial charge in [-0.15, -0.1) is 0 Å². The minimum Gasteiger partial charge on any atom is -0.399 e. The van der Waals surface area contributed by atoms with Crippen molar-refractivity contribution in [2.24, 2.45) is 0 Å². The van der Waals surface area contributed by atoms with Gasteiger partial charge in [0.25, 0.3) is 0 Å². The van der Waals surface area contributed by atoms with Crippen LogP contribution in [0.5, 0.6) is 0 Å². The summed E-state index contributed by atoms with van der Waals surface area (Å²) < 4.78 is 0. The molecule has 1 amide bonds. The standard InChI is InChI=1S/C12H15N5O/c1-8(12-14-7-15-17-12)16-11(18)6-9-2-4-10(13)5-3-9/h2-5,7-8H,6,13H2,1H3,(H,16,18)(H,14,15,17). The number of benzene rings is 1. The Bertz CT molecular complexity index is 506. The second-order valence-corrected chi connectivity index (χ2v) is 4.08. The quantitative estimate of drug-likeness (QED) is 0.694. The third-order valence-electron chi connectivity index (χ3n) is 2.57. The average Bonchev–Trinajstić information content (AvgIpc) is 2.85. The highest BCUT2D eigenvalue weighted by Crippen LogP contribution is 2.08. The zero-order valence-electron chi connectivity index (χ0n) is 10.1. The summed E-state index contributed by atoms with van der Waals surface area (Å²) in [6.07, 6.45) is 1.73. The molecule has 1 heterocycles. The molecule has 0 saturated heterocycles. The SMILES string of the molecule is CC(NC(=O)Cc1ccc(N)cc1)c1ncn[nH]1. The number of rotatable bonds is 4. The molecule has 1 aromatic heterocycles. The predicted molar refractivity (Wildman–Crippen MR) is 67.5 cm³/mol. The average molecular weight is 245 g/mol. The van der Waals surface area contributed by atoms with Gasteiger partial charge in [0, 0.05) is 5.69 Å². The van der Waals surface area contributed by atoms with Gasteiger partial charge in [0.2, 0.25) is 5.91 Å². The van der Waals surface area contributed by atoms with E-state index in [4.69, 9.17) is 5.73 Å². The lowest BCUT2D eigenvalue weighted by atomic mass is 10.1. The first-order valence-corrected chi connectivity index (χ1v) is 5.64. The van der Waals surface area contributed by atoms with Crippen LogP contribution in [0.3, 0.4) is 0 Å². The van der Waals surface area contributed by atoms with E-state index in [2.05, 4.69) is 20.5 Å². The summed E-state index contributed by atoms with van der Waals surface area (Å²) in [6, 6.07) is 7.06. The first kappa shape index (κ1) is 12.1. The highest BCUT2D eigenvalue weighted by Gasteiger charge is 2.11. The third-order valence-corrected chi connectivity index (χ3v) is 2.57. The summed E-state index contributed by atoms with van der Waals surface area (Å²) >= 11 is 0. The molecule has 4 N–H and O–H groups in total. The molecule has 6 nitrogen and oxygen atoms in total. The highest BCUT2D eigenvalue weighted by molar-refractivity contribution is 5.79. The molecule has 2 rings (SSSR count). The smallest absolute Gasteiger partial charge is 0.224 e. The van der Waals surface area contributed by atoms with Crippen molar-refractivity contribution in [3.05, 3.63) is 42.0 Å². The Labute approximate surface area is 105 Å². The van der Waals surface area contributed by atoms with E-state index >= 15 is 0 Å². The van der Waals surface area contributed by atoms with Crippen molar-refractivity contribution in [3.8, 4) is 0 Å². The van der Waals surface area contributed by atoms with Crippen LogP contribution in [0.4, 0.5) is 5.69 Å². The van der Waals surface area contributed by atoms with Gasteiger partial charge in [-0.2, -0.15) is 5.10 Å². The van der Waals surface area contributed by atoms with Crippen molar-refractivity contribution in [3.63, 3.8) is 0 Å². The van der Waals surface area contributed by atoms with E-state index in [-0.39, 0.29) is 11.9 Å². The zero-order chi connectivity index (χ0) is 13.0. The molecule has 1 unspecified atom stereocenters. The lowest BCUT2D eigenvalue weighted by Crippen LogP contribution is -2.28. The minimum atomic E-state index is -0.186. The van der Waals surface area contributed by atoms with Gasteiger partial charge in [0.05, 0.1) is 12.5 Å². The summed E-state index contributed by atoms with van der Waals surface area (Å²) in [4.78, 5) is 15.8. The fraction of sp³-hybridized carbons (Fsp3) is 0.250. The number of carbonyl (C=O) groups is 1. The Kier molecular flexibility index (Phi) is 3.57. The molecular weight excluding hydrogens is 230 g/mol. The molecule has 0 aliphatic rings. The van der Waals surface area contributed by atoms with Gasteiger partial charge in [0.15, 0.2) is 0 Å². The number of H-pyrrole nitrogens is 1. The summed E-state index contributed by atoms with van der Waals surface area (Å²) in [5, 5.41) is 9.31. The van der Waals surface area contributed by atoms with E-state index in [0.29, 0.717) is 17.9 Å². The molecule has 94 valence electrons. The highest BCUT2D eigenvalue weighted by atomic mass is 16.1. The largest absolute Gasteiger partial charge is 0.399 e. The number of aromatic nitrogens is 3. The summed E-state index contributed by atoms with van der Waals surface area (Å²) in [6.45, 7) is 1.85. The Balaban J connectivity index is 1.91. The van der Waals surface area contributed by atoms with Crippen LogP contribution in [0.25, 0.3) is 0 Å². The maximum absolute atomic E-state index is 11.8. The maximum atomic E-state index is 11.8. The first-order valence-electron chi connectivity index (χ1n) is 5.64. The monoisotopic (exact) mass is 245 g/mol. The molecule has 1 atom stereocenters. The number of nitrogens with zero attached hydrogens (tertiary/aromatic N) is 2. The number of carbonyl (C=O) groups excluding carboxylic acids is 1. The molecule has 0 saturated carbocycles. The van der Waals surface area contributed by atoms with E-state index < -0.39 is 0 Å². The van der Waals surface area contributed by atoms with Crippen molar-refractivity contribution in [1.82, 2.24) is 20.5 Å². The molecule has 0 aliphatic carbocycles. The van der Waals surface area contributed by atoms with Crippen molar-refractivity contribution in [2.75, 3.05) is 5.73 Å². The molecule has 6 heteroatoms. The van der Waals surface area contributed by atoms with E-state index in [1.807, 2.05) is 19.1 Å². The first-order chi connectivity index (χ1) is 8.65. The normalized spacial score (nSPS) is 12.1. The number of hydrogen-bond donors (Lipinski definition) is 3. The molecule has 1 aromatic carbocycles. The number of amides is 1. The van der Waals surface area contributed by atoms with Crippen molar-refractivity contribution < 1.29 is 4.79 Å². The molecule has 0 bridgehead atoms. The molecule has 0 aliphatic heterocycles. The lowest BCUT2D eigenvalue weighted by molar-refractivity contribution is -0.121. The van der Waals surface area contributed by atoms with Gasteiger partial charge in [0.1, 0.15) is 12.2 Å². The van der Waals surface area contributed by atoms with Gasteiger partial charge in [-0.1, -0.05) is 12.1 Å². The van der Waals surface area contributed by atoms with Crippen LogP contribution in [0, 0.1) is 0 Å². The Morgan fingerprint density at radius 3 is 2.78 bits per heavy atom. The van der Waals surface area contributed by atoms with Gasteiger partial charge < -0.3 is 11.1 Å². The number of anilines is 1. The van der Waals surface area contributed by atoms with E-state index in [9.17, 15) is 4.79 Å². The van der Waals surface area contributed by atoms with Crippen LogP contribution in [0.15, 0.2) is 30.6 Å². The Morgan fingerprint density at radius 1 is 1.44 bits per heavy atom. The van der Waals surface area contributed by atoms with E-state index in [0.717, 1.165) is 5.56 Å². The Morgan fingerprint density at radius 2 is 2.17 bits per heavy atom. The molecular formula is C12H15N5O. The summed E-state index contributed by atoms with van der Waals surface area (Å²) in [7, 11) is 0. The van der Waals surface area contributed by atoms with Gasteiger partial charge in [-0.3, -0.25) is 9.89 Å². The van der Waals surface area contributed by atoms with Crippen LogP contribution in [0.2, 0.25) is 0 Å². The third kappa shape index (κ3) is 3.07. The number of nitrogen functional groups attached to an aromatic ring is 1. The second kappa shape index (κ2) is 5.31. The number of nitrogens with one attached hydrogen (secondary N) is 2. The molecule has 0 radical (unpaired) electrons. The van der Waals surface area contributed by atoms with Crippen molar-refractivity contribution >= 4 is 11.6 Å². The minimum absolute atomic E-state index is 0.0660. The van der Waals surface area contributed by atoms with Gasteiger partial charge in [-0.25, -0.2) is 4.98 Å². The number of aromatic amines is 1. The number of hydrogen-bond acceptors (Lipinski definition) is 4. The maximum Gasteiger partial charge on any atom is 0.224 e. The lowest BCUT2D eigenvalue weighted by Gasteiger charge is -2.11. The van der Waals surface area contributed by atoms with E-state index in [1.165, 1.54) is 6.33 Å². The van der Waals surface area contributed by atoms with Gasteiger partial charge >= 0.3 is 0 Å². The summed E-state index contributed by atoms with van der Waals surface area (Å²) in [5.74, 6) is 0.573. The Hall–Kier alpha value is -2.37. The van der Waals surface area contributed by atoms with Crippen molar-refractivity contribution in [1.29, 1.82) is 0 Å². The fourth-order valence-electron chi connectivity index (χ4n) is 1.61. The van der Waals surface area contributed by atoms with E-state index in [1.54, 1.807) is 12.1 Å². The fourth-order valence-corrected chi connectivity index (χ4v) is 1.61. The molecule has 0 spiro atoms. The molecule has 0 fully saturated rings. The zero-order valence-corrected chi connectivity index (χ0v) is 10.1. The van der Waals surface area contributed by atoms with Crippen LogP contribution >= 0.6 is 0 Å². The topological polar surface area (TPSA) is 96.7 Å². The van der Waals surface area contributed by atoms with Crippen molar-refractivity contribution in [2.45, 2.75) is 19.4 Å².